The molecule has 1 saturated heterocycles. The van der Waals surface area contributed by atoms with E-state index in [0.717, 1.165) is 0 Å². The third kappa shape index (κ3) is 4.32. The number of amides is 1. The van der Waals surface area contributed by atoms with Crippen molar-refractivity contribution < 1.29 is 19.1 Å². The van der Waals surface area contributed by atoms with E-state index in [1.807, 2.05) is 0 Å². The van der Waals surface area contributed by atoms with Crippen LogP contribution in [0.15, 0.2) is 18.2 Å². The number of carboxylic acids is 1. The van der Waals surface area contributed by atoms with Crippen molar-refractivity contribution in [3.05, 3.63) is 29.0 Å². The van der Waals surface area contributed by atoms with E-state index in [1.54, 1.807) is 4.90 Å². The average Bonchev–Trinajstić information content (AvgIpc) is 2.44. The number of nitrogens with zero attached hydrogens (tertiary/aromatic N) is 1. The summed E-state index contributed by atoms with van der Waals surface area (Å²) in [4.78, 5) is 24.5. The highest BCUT2D eigenvalue weighted by Crippen LogP contribution is 2.19. The molecule has 1 aliphatic rings. The Morgan fingerprint density at radius 3 is 2.57 bits per heavy atom. The van der Waals surface area contributed by atoms with E-state index < -0.39 is 11.8 Å². The van der Waals surface area contributed by atoms with Crippen LogP contribution in [0.3, 0.4) is 0 Å². The van der Waals surface area contributed by atoms with Crippen LogP contribution in [-0.4, -0.2) is 41.5 Å². The third-order valence-corrected chi connectivity index (χ3v) is 3.72. The van der Waals surface area contributed by atoms with Gasteiger partial charge in [-0.3, -0.25) is 9.59 Å². The van der Waals surface area contributed by atoms with Crippen LogP contribution in [0, 0.1) is 11.7 Å². The molecule has 2 rings (SSSR count). The number of nitrogens with one attached hydrogen (secondary N) is 1. The van der Waals surface area contributed by atoms with E-state index in [1.165, 1.54) is 18.2 Å². The van der Waals surface area contributed by atoms with Crippen molar-refractivity contribution in [3.8, 4) is 0 Å². The number of halogens is 2. The van der Waals surface area contributed by atoms with E-state index in [4.69, 9.17) is 16.7 Å². The van der Waals surface area contributed by atoms with Gasteiger partial charge in [0.15, 0.2) is 0 Å². The van der Waals surface area contributed by atoms with Gasteiger partial charge in [0.25, 0.3) is 0 Å². The second-order valence-corrected chi connectivity index (χ2v) is 5.44. The molecule has 1 aromatic carbocycles. The molecule has 0 radical (unpaired) electrons. The number of piperidine rings is 1. The molecule has 0 aliphatic carbocycles. The largest absolute Gasteiger partial charge is 0.481 e. The number of hydrogen-bond donors (Lipinski definition) is 2. The Hall–Kier alpha value is -1.82. The Balaban J connectivity index is 1.84. The number of likely N-dealkylation sites (tertiary alicyclic amines) is 1. The molecule has 21 heavy (non-hydrogen) atoms. The second-order valence-electron chi connectivity index (χ2n) is 5.00. The number of benzene rings is 1. The van der Waals surface area contributed by atoms with Gasteiger partial charge in [-0.15, -0.1) is 0 Å². The Labute approximate surface area is 126 Å². The molecule has 2 N–H and O–H groups in total. The first kappa shape index (κ1) is 15.6. The van der Waals surface area contributed by atoms with Crippen molar-refractivity contribution in [1.82, 2.24) is 4.90 Å². The van der Waals surface area contributed by atoms with Crippen LogP contribution >= 0.6 is 11.6 Å². The zero-order valence-electron chi connectivity index (χ0n) is 11.3. The minimum absolute atomic E-state index is 0.0253. The van der Waals surface area contributed by atoms with Crippen LogP contribution in [-0.2, 0) is 9.59 Å². The van der Waals surface area contributed by atoms with Crippen LogP contribution in [0.5, 0.6) is 0 Å². The molecule has 0 bridgehead atoms. The summed E-state index contributed by atoms with van der Waals surface area (Å²) in [6.07, 6.45) is 0.930. The van der Waals surface area contributed by atoms with Crippen molar-refractivity contribution in [2.75, 3.05) is 25.0 Å². The van der Waals surface area contributed by atoms with E-state index in [-0.39, 0.29) is 23.4 Å². The van der Waals surface area contributed by atoms with Gasteiger partial charge in [-0.05, 0) is 31.0 Å². The summed E-state index contributed by atoms with van der Waals surface area (Å²) in [7, 11) is 0. The van der Waals surface area contributed by atoms with Crippen molar-refractivity contribution in [1.29, 1.82) is 0 Å². The standard InChI is InChI=1S/C14H16ClFN2O3/c15-10-5-11(16)7-12(6-10)17-8-13(19)18-3-1-9(2-4-18)14(20)21/h5-7,9,17H,1-4,8H2,(H,20,21). The lowest BCUT2D eigenvalue weighted by Crippen LogP contribution is -2.42. The summed E-state index contributed by atoms with van der Waals surface area (Å²) in [5, 5.41) is 12.0. The predicted molar refractivity (Wildman–Crippen MR) is 76.8 cm³/mol. The molecule has 1 fully saturated rings. The maximum absolute atomic E-state index is 13.2. The first-order valence-corrected chi connectivity index (χ1v) is 7.04. The van der Waals surface area contributed by atoms with Gasteiger partial charge < -0.3 is 15.3 Å². The lowest BCUT2D eigenvalue weighted by atomic mass is 9.97. The van der Waals surface area contributed by atoms with Gasteiger partial charge in [-0.1, -0.05) is 11.6 Å². The van der Waals surface area contributed by atoms with Crippen LogP contribution < -0.4 is 5.32 Å². The van der Waals surface area contributed by atoms with E-state index in [9.17, 15) is 14.0 Å². The molecular formula is C14H16ClFN2O3. The summed E-state index contributed by atoms with van der Waals surface area (Å²) < 4.78 is 13.2. The highest BCUT2D eigenvalue weighted by Gasteiger charge is 2.26. The predicted octanol–water partition coefficient (Wildman–Crippen LogP) is 2.21. The van der Waals surface area contributed by atoms with Crippen molar-refractivity contribution in [2.45, 2.75) is 12.8 Å². The molecule has 0 saturated carbocycles. The van der Waals surface area contributed by atoms with Gasteiger partial charge in [0.05, 0.1) is 12.5 Å². The molecule has 5 nitrogen and oxygen atoms in total. The Morgan fingerprint density at radius 1 is 1.33 bits per heavy atom. The lowest BCUT2D eigenvalue weighted by Gasteiger charge is -2.30. The summed E-state index contributed by atoms with van der Waals surface area (Å²) in [6, 6.07) is 3.98. The minimum atomic E-state index is -0.811. The minimum Gasteiger partial charge on any atom is -0.481 e. The fourth-order valence-corrected chi connectivity index (χ4v) is 2.54. The zero-order valence-corrected chi connectivity index (χ0v) is 12.1. The van der Waals surface area contributed by atoms with E-state index in [0.29, 0.717) is 31.6 Å². The number of anilines is 1. The number of carbonyl (C=O) groups is 2. The lowest BCUT2D eigenvalue weighted by molar-refractivity contribution is -0.145. The molecule has 114 valence electrons. The maximum Gasteiger partial charge on any atom is 0.306 e. The molecular weight excluding hydrogens is 299 g/mol. The molecule has 0 atom stereocenters. The van der Waals surface area contributed by atoms with Crippen molar-refractivity contribution in [2.24, 2.45) is 5.92 Å². The molecule has 1 aromatic rings. The third-order valence-electron chi connectivity index (χ3n) is 3.50. The fraction of sp³-hybridized carbons (Fsp3) is 0.429. The summed E-state index contributed by atoms with van der Waals surface area (Å²) in [5.41, 5.74) is 0.439. The van der Waals surface area contributed by atoms with Crippen LogP contribution in [0.2, 0.25) is 5.02 Å². The first-order valence-electron chi connectivity index (χ1n) is 6.66. The monoisotopic (exact) mass is 314 g/mol. The van der Waals surface area contributed by atoms with Gasteiger partial charge in [-0.2, -0.15) is 0 Å². The van der Waals surface area contributed by atoms with Gasteiger partial charge in [0, 0.05) is 23.8 Å². The fourth-order valence-electron chi connectivity index (χ4n) is 2.32. The van der Waals surface area contributed by atoms with Gasteiger partial charge in [-0.25, -0.2) is 4.39 Å². The van der Waals surface area contributed by atoms with Crippen molar-refractivity contribution in [3.63, 3.8) is 0 Å². The Bertz CT molecular complexity index is 525. The highest BCUT2D eigenvalue weighted by atomic mass is 35.5. The number of carboxylic acid groups (broad SMARTS) is 1. The van der Waals surface area contributed by atoms with Crippen LogP contribution in [0.25, 0.3) is 0 Å². The molecule has 0 spiro atoms. The van der Waals surface area contributed by atoms with Gasteiger partial charge >= 0.3 is 5.97 Å². The van der Waals surface area contributed by atoms with Crippen LogP contribution in [0.4, 0.5) is 10.1 Å². The molecule has 1 aliphatic heterocycles. The zero-order chi connectivity index (χ0) is 15.4. The molecule has 1 heterocycles. The molecule has 0 unspecified atom stereocenters. The number of aliphatic carboxylic acids is 1. The van der Waals surface area contributed by atoms with Gasteiger partial charge in [0.2, 0.25) is 5.91 Å². The summed E-state index contributed by atoms with van der Waals surface area (Å²) in [5.74, 6) is -1.79. The van der Waals surface area contributed by atoms with Gasteiger partial charge in [0.1, 0.15) is 5.82 Å². The SMILES string of the molecule is O=C(O)C1CCN(C(=O)CNc2cc(F)cc(Cl)c2)CC1. The number of carbonyl (C=O) groups excluding carboxylic acids is 1. The van der Waals surface area contributed by atoms with E-state index >= 15 is 0 Å². The summed E-state index contributed by atoms with van der Waals surface area (Å²) >= 11 is 5.73. The smallest absolute Gasteiger partial charge is 0.306 e. The Kier molecular flexibility index (Phi) is 5.01. The van der Waals surface area contributed by atoms with E-state index in [2.05, 4.69) is 5.32 Å². The average molecular weight is 315 g/mol. The van der Waals surface area contributed by atoms with Crippen molar-refractivity contribution >= 4 is 29.2 Å². The highest BCUT2D eigenvalue weighted by molar-refractivity contribution is 6.30. The molecule has 1 amide bonds. The Morgan fingerprint density at radius 2 is 2.00 bits per heavy atom. The number of hydrogen-bond acceptors (Lipinski definition) is 3. The normalized spacial score (nSPS) is 15.8. The van der Waals surface area contributed by atoms with Crippen LogP contribution in [0.1, 0.15) is 12.8 Å². The molecule has 0 aromatic heterocycles. The summed E-state index contributed by atoms with van der Waals surface area (Å²) in [6.45, 7) is 0.889. The topological polar surface area (TPSA) is 69.6 Å². The quantitative estimate of drug-likeness (QED) is 0.894. The number of rotatable bonds is 4. The second kappa shape index (κ2) is 6.76. The maximum atomic E-state index is 13.2. The molecule has 7 heteroatoms. The first-order chi connectivity index (χ1) is 9.95.